The average molecular weight is 289 g/mol. The topological polar surface area (TPSA) is 58.4 Å². The van der Waals surface area contributed by atoms with Crippen LogP contribution in [0, 0.1) is 6.92 Å². The van der Waals surface area contributed by atoms with Gasteiger partial charge in [0.1, 0.15) is 0 Å². The lowest BCUT2D eigenvalue weighted by atomic mass is 10.2. The summed E-state index contributed by atoms with van der Waals surface area (Å²) in [5.74, 6) is -0.0361. The minimum atomic E-state index is -0.0361. The van der Waals surface area contributed by atoms with Crippen LogP contribution in [-0.4, -0.2) is 24.4 Å². The van der Waals surface area contributed by atoms with Crippen molar-refractivity contribution in [3.8, 4) is 0 Å². The van der Waals surface area contributed by atoms with Crippen LogP contribution in [0.4, 0.5) is 11.4 Å². The van der Waals surface area contributed by atoms with Crippen molar-refractivity contribution in [2.24, 2.45) is 0 Å². The standard InChI is InChI=1S/C15H19N3OS/c1-11-3-4-13(7-14(11)16)17-15(19)9-18(2)8-12-5-6-20-10-12/h3-7,10H,8-9,16H2,1-2H3,(H,17,19). The van der Waals surface area contributed by atoms with Gasteiger partial charge < -0.3 is 11.1 Å². The highest BCUT2D eigenvalue weighted by atomic mass is 32.1. The third-order valence-corrected chi connectivity index (χ3v) is 3.74. The lowest BCUT2D eigenvalue weighted by Crippen LogP contribution is -2.29. The number of aryl methyl sites for hydroxylation is 1. The molecule has 0 saturated heterocycles. The lowest BCUT2D eigenvalue weighted by Gasteiger charge is -2.15. The molecule has 0 spiro atoms. The molecule has 5 heteroatoms. The van der Waals surface area contributed by atoms with Crippen LogP contribution in [0.25, 0.3) is 0 Å². The van der Waals surface area contributed by atoms with E-state index < -0.39 is 0 Å². The number of benzene rings is 1. The molecule has 2 aromatic rings. The zero-order valence-corrected chi connectivity index (χ0v) is 12.5. The summed E-state index contributed by atoms with van der Waals surface area (Å²) in [7, 11) is 1.93. The van der Waals surface area contributed by atoms with E-state index in [1.807, 2.05) is 36.4 Å². The molecule has 2 rings (SSSR count). The molecule has 0 unspecified atom stereocenters. The van der Waals surface area contributed by atoms with Crippen LogP contribution in [0.3, 0.4) is 0 Å². The molecule has 0 saturated carbocycles. The van der Waals surface area contributed by atoms with Crippen LogP contribution in [0.1, 0.15) is 11.1 Å². The summed E-state index contributed by atoms with van der Waals surface area (Å²) in [4.78, 5) is 13.9. The predicted molar refractivity (Wildman–Crippen MR) is 84.9 cm³/mol. The molecule has 0 aliphatic rings. The summed E-state index contributed by atoms with van der Waals surface area (Å²) in [6, 6.07) is 7.62. The molecule has 1 aromatic heterocycles. The molecule has 0 atom stereocenters. The Morgan fingerprint density at radius 1 is 1.40 bits per heavy atom. The maximum atomic E-state index is 12.0. The number of likely N-dealkylation sites (N-methyl/N-ethyl adjacent to an activating group) is 1. The van der Waals surface area contributed by atoms with Gasteiger partial charge in [-0.3, -0.25) is 9.69 Å². The first-order valence-electron chi connectivity index (χ1n) is 6.40. The van der Waals surface area contributed by atoms with Gasteiger partial charge in [-0.05, 0) is 54.1 Å². The van der Waals surface area contributed by atoms with Gasteiger partial charge in [-0.15, -0.1) is 0 Å². The van der Waals surface area contributed by atoms with Crippen molar-refractivity contribution in [3.63, 3.8) is 0 Å². The van der Waals surface area contributed by atoms with Gasteiger partial charge in [0, 0.05) is 17.9 Å². The Hall–Kier alpha value is -1.85. The van der Waals surface area contributed by atoms with Gasteiger partial charge in [0.05, 0.1) is 6.54 Å². The second-order valence-electron chi connectivity index (χ2n) is 4.92. The molecular weight excluding hydrogens is 270 g/mol. The molecule has 0 aliphatic heterocycles. The number of carbonyl (C=O) groups excluding carboxylic acids is 1. The van der Waals surface area contributed by atoms with Gasteiger partial charge in [-0.25, -0.2) is 0 Å². The molecule has 106 valence electrons. The van der Waals surface area contributed by atoms with Crippen LogP contribution in [0.5, 0.6) is 0 Å². The molecule has 4 nitrogen and oxygen atoms in total. The third-order valence-electron chi connectivity index (χ3n) is 3.01. The normalized spacial score (nSPS) is 10.8. The van der Waals surface area contributed by atoms with Crippen LogP contribution in [-0.2, 0) is 11.3 Å². The van der Waals surface area contributed by atoms with E-state index in [-0.39, 0.29) is 5.91 Å². The Labute approximate surface area is 123 Å². The highest BCUT2D eigenvalue weighted by Crippen LogP contribution is 2.16. The van der Waals surface area contributed by atoms with E-state index in [1.165, 1.54) is 5.56 Å². The highest BCUT2D eigenvalue weighted by molar-refractivity contribution is 7.07. The minimum Gasteiger partial charge on any atom is -0.398 e. The number of thiophene rings is 1. The minimum absolute atomic E-state index is 0.0361. The molecule has 20 heavy (non-hydrogen) atoms. The Morgan fingerprint density at radius 2 is 2.20 bits per heavy atom. The summed E-state index contributed by atoms with van der Waals surface area (Å²) < 4.78 is 0. The van der Waals surface area contributed by atoms with Gasteiger partial charge in [-0.2, -0.15) is 11.3 Å². The summed E-state index contributed by atoms with van der Waals surface area (Å²) in [5.41, 5.74) is 9.49. The average Bonchev–Trinajstić information content (AvgIpc) is 2.86. The van der Waals surface area contributed by atoms with Gasteiger partial charge in [0.25, 0.3) is 0 Å². The molecule has 1 amide bonds. The number of rotatable bonds is 5. The van der Waals surface area contributed by atoms with E-state index >= 15 is 0 Å². The predicted octanol–water partition coefficient (Wildman–Crippen LogP) is 2.71. The fraction of sp³-hybridized carbons (Fsp3) is 0.267. The maximum Gasteiger partial charge on any atom is 0.238 e. The van der Waals surface area contributed by atoms with E-state index in [9.17, 15) is 4.79 Å². The van der Waals surface area contributed by atoms with E-state index in [2.05, 4.69) is 16.8 Å². The van der Waals surface area contributed by atoms with Crippen molar-refractivity contribution in [2.75, 3.05) is 24.6 Å². The molecule has 1 aromatic carbocycles. The van der Waals surface area contributed by atoms with E-state index in [0.717, 1.165) is 17.8 Å². The van der Waals surface area contributed by atoms with Crippen LogP contribution in [0.2, 0.25) is 0 Å². The molecule has 0 radical (unpaired) electrons. The van der Waals surface area contributed by atoms with Crippen molar-refractivity contribution in [1.82, 2.24) is 4.90 Å². The third kappa shape index (κ3) is 4.08. The second kappa shape index (κ2) is 6.54. The number of hydrogen-bond donors (Lipinski definition) is 2. The molecule has 0 aliphatic carbocycles. The van der Waals surface area contributed by atoms with E-state index in [1.54, 1.807) is 17.4 Å². The van der Waals surface area contributed by atoms with Gasteiger partial charge in [0.15, 0.2) is 0 Å². The largest absolute Gasteiger partial charge is 0.398 e. The number of anilines is 2. The number of nitrogen functional groups attached to an aromatic ring is 1. The Bertz CT molecular complexity index is 581. The SMILES string of the molecule is Cc1ccc(NC(=O)CN(C)Cc2ccsc2)cc1N. The first-order chi connectivity index (χ1) is 9.54. The van der Waals surface area contributed by atoms with Crippen LogP contribution < -0.4 is 11.1 Å². The number of hydrogen-bond acceptors (Lipinski definition) is 4. The van der Waals surface area contributed by atoms with Crippen molar-refractivity contribution < 1.29 is 4.79 Å². The monoisotopic (exact) mass is 289 g/mol. The molecule has 0 bridgehead atoms. The Balaban J connectivity index is 1.87. The van der Waals surface area contributed by atoms with Crippen LogP contribution >= 0.6 is 11.3 Å². The molecule has 3 N–H and O–H groups in total. The Kier molecular flexibility index (Phi) is 4.76. The summed E-state index contributed by atoms with van der Waals surface area (Å²) in [6.45, 7) is 3.06. The number of nitrogens with one attached hydrogen (secondary N) is 1. The number of amides is 1. The quantitative estimate of drug-likeness (QED) is 0.832. The highest BCUT2D eigenvalue weighted by Gasteiger charge is 2.08. The summed E-state index contributed by atoms with van der Waals surface area (Å²) in [6.07, 6.45) is 0. The van der Waals surface area contributed by atoms with Crippen molar-refractivity contribution >= 4 is 28.6 Å². The number of nitrogens with zero attached hydrogens (tertiary/aromatic N) is 1. The van der Waals surface area contributed by atoms with Crippen molar-refractivity contribution in [1.29, 1.82) is 0 Å². The second-order valence-corrected chi connectivity index (χ2v) is 5.70. The van der Waals surface area contributed by atoms with Crippen molar-refractivity contribution in [2.45, 2.75) is 13.5 Å². The van der Waals surface area contributed by atoms with Gasteiger partial charge in [-0.1, -0.05) is 6.07 Å². The number of carbonyl (C=O) groups is 1. The maximum absolute atomic E-state index is 12.0. The first kappa shape index (κ1) is 14.6. The zero-order chi connectivity index (χ0) is 14.5. The Morgan fingerprint density at radius 3 is 2.85 bits per heavy atom. The smallest absolute Gasteiger partial charge is 0.238 e. The number of nitrogens with two attached hydrogens (primary N) is 1. The first-order valence-corrected chi connectivity index (χ1v) is 7.34. The summed E-state index contributed by atoms with van der Waals surface area (Å²) in [5, 5.41) is 6.99. The van der Waals surface area contributed by atoms with E-state index in [0.29, 0.717) is 12.2 Å². The fourth-order valence-electron chi connectivity index (χ4n) is 1.91. The zero-order valence-electron chi connectivity index (χ0n) is 11.7. The van der Waals surface area contributed by atoms with Crippen molar-refractivity contribution in [3.05, 3.63) is 46.2 Å². The molecule has 0 fully saturated rings. The van der Waals surface area contributed by atoms with Gasteiger partial charge >= 0.3 is 0 Å². The molecular formula is C15H19N3OS. The fourth-order valence-corrected chi connectivity index (χ4v) is 2.57. The summed E-state index contributed by atoms with van der Waals surface area (Å²) >= 11 is 1.66. The van der Waals surface area contributed by atoms with E-state index in [4.69, 9.17) is 5.73 Å². The molecule has 1 heterocycles. The lowest BCUT2D eigenvalue weighted by molar-refractivity contribution is -0.117. The van der Waals surface area contributed by atoms with Crippen LogP contribution in [0.15, 0.2) is 35.0 Å². The van der Waals surface area contributed by atoms with Gasteiger partial charge in [0.2, 0.25) is 5.91 Å².